The predicted octanol–water partition coefficient (Wildman–Crippen LogP) is 5.90. The van der Waals surface area contributed by atoms with Crippen LogP contribution in [0.2, 0.25) is 0 Å². The number of nitrogens with one attached hydrogen (secondary N) is 1. The molecule has 39 heavy (non-hydrogen) atoms. The summed E-state index contributed by atoms with van der Waals surface area (Å²) >= 11 is 0. The zero-order chi connectivity index (χ0) is 27.5. The van der Waals surface area contributed by atoms with Gasteiger partial charge in [-0.1, -0.05) is 29.8 Å². The molecule has 0 saturated carbocycles. The Morgan fingerprint density at radius 3 is 2.15 bits per heavy atom. The highest BCUT2D eigenvalue weighted by molar-refractivity contribution is 5.98. The highest BCUT2D eigenvalue weighted by Crippen LogP contribution is 2.31. The van der Waals surface area contributed by atoms with Gasteiger partial charge in [-0.05, 0) is 74.0 Å². The molecule has 1 aromatic heterocycles. The number of carbonyl (C=O) groups is 2. The van der Waals surface area contributed by atoms with Crippen LogP contribution in [0.25, 0.3) is 16.9 Å². The number of methoxy groups -OCH3 is 1. The van der Waals surface area contributed by atoms with Crippen molar-refractivity contribution >= 4 is 17.6 Å². The molecule has 8 heteroatoms. The summed E-state index contributed by atoms with van der Waals surface area (Å²) in [5.41, 5.74) is 5.68. The molecule has 0 atom stereocenters. The van der Waals surface area contributed by atoms with E-state index in [2.05, 4.69) is 5.32 Å². The van der Waals surface area contributed by atoms with E-state index in [0.717, 1.165) is 28.2 Å². The zero-order valence-corrected chi connectivity index (χ0v) is 22.3. The molecule has 4 aromatic rings. The molecule has 0 spiro atoms. The summed E-state index contributed by atoms with van der Waals surface area (Å²) in [6.45, 7) is 5.61. The van der Waals surface area contributed by atoms with E-state index in [1.54, 1.807) is 41.2 Å². The average Bonchev–Trinajstić information content (AvgIpc) is 3.30. The largest absolute Gasteiger partial charge is 0.495 e. The lowest BCUT2D eigenvalue weighted by Gasteiger charge is -2.34. The van der Waals surface area contributed by atoms with Crippen molar-refractivity contribution in [3.05, 3.63) is 102 Å². The van der Waals surface area contributed by atoms with Gasteiger partial charge in [0, 0.05) is 37.6 Å². The Labute approximate surface area is 227 Å². The minimum Gasteiger partial charge on any atom is -0.495 e. The lowest BCUT2D eigenvalue weighted by molar-refractivity contribution is 0.0671. The Balaban J connectivity index is 1.36. The first-order valence-corrected chi connectivity index (χ1v) is 12.9. The van der Waals surface area contributed by atoms with Crippen LogP contribution in [0, 0.1) is 19.7 Å². The van der Waals surface area contributed by atoms with E-state index < -0.39 is 0 Å². The third kappa shape index (κ3) is 5.36. The first kappa shape index (κ1) is 26.0. The van der Waals surface area contributed by atoms with E-state index in [1.165, 1.54) is 12.1 Å². The van der Waals surface area contributed by atoms with Gasteiger partial charge >= 0.3 is 6.03 Å². The molecule has 1 N–H and O–H groups in total. The first-order valence-electron chi connectivity index (χ1n) is 12.9. The number of para-hydroxylation sites is 2. The van der Waals surface area contributed by atoms with Crippen molar-refractivity contribution < 1.29 is 18.7 Å². The number of anilines is 1. The van der Waals surface area contributed by atoms with Gasteiger partial charge < -0.3 is 24.4 Å². The quantitative estimate of drug-likeness (QED) is 0.352. The second-order valence-electron chi connectivity index (χ2n) is 9.62. The molecule has 0 radical (unpaired) electrons. The fraction of sp³-hybridized carbons (Fsp3) is 0.226. The van der Waals surface area contributed by atoms with Crippen molar-refractivity contribution in [1.82, 2.24) is 14.4 Å². The van der Waals surface area contributed by atoms with E-state index in [0.29, 0.717) is 43.2 Å². The van der Waals surface area contributed by atoms with Gasteiger partial charge in [0.25, 0.3) is 5.91 Å². The second kappa shape index (κ2) is 11.0. The number of nitrogens with zero attached hydrogens (tertiary/aromatic N) is 3. The number of aromatic nitrogens is 1. The van der Waals surface area contributed by atoms with Gasteiger partial charge in [0.2, 0.25) is 0 Å². The maximum Gasteiger partial charge on any atom is 0.322 e. The summed E-state index contributed by atoms with van der Waals surface area (Å²) in [6, 6.07) is 23.3. The van der Waals surface area contributed by atoms with Crippen molar-refractivity contribution in [1.29, 1.82) is 0 Å². The molecule has 1 aliphatic heterocycles. The normalized spacial score (nSPS) is 13.3. The van der Waals surface area contributed by atoms with Gasteiger partial charge in [0.15, 0.2) is 0 Å². The topological polar surface area (TPSA) is 66.8 Å². The van der Waals surface area contributed by atoms with Crippen LogP contribution >= 0.6 is 0 Å². The smallest absolute Gasteiger partial charge is 0.322 e. The minimum atomic E-state index is -0.312. The number of hydrogen-bond acceptors (Lipinski definition) is 3. The van der Waals surface area contributed by atoms with E-state index in [4.69, 9.17) is 4.74 Å². The number of rotatable bonds is 5. The van der Waals surface area contributed by atoms with E-state index in [-0.39, 0.29) is 17.8 Å². The summed E-state index contributed by atoms with van der Waals surface area (Å²) in [7, 11) is 1.56. The van der Waals surface area contributed by atoms with Crippen LogP contribution in [0.3, 0.4) is 0 Å². The molecular weight excluding hydrogens is 495 g/mol. The summed E-state index contributed by atoms with van der Waals surface area (Å²) < 4.78 is 21.0. The Bertz CT molecular complexity index is 1490. The molecular formula is C31H31FN4O3. The van der Waals surface area contributed by atoms with E-state index in [9.17, 15) is 14.0 Å². The van der Waals surface area contributed by atoms with Gasteiger partial charge in [0.05, 0.1) is 24.1 Å². The lowest BCUT2D eigenvalue weighted by atomic mass is 10.1. The Morgan fingerprint density at radius 2 is 1.49 bits per heavy atom. The van der Waals surface area contributed by atoms with Crippen LogP contribution in [0.5, 0.6) is 5.75 Å². The zero-order valence-electron chi connectivity index (χ0n) is 22.3. The average molecular weight is 527 g/mol. The fourth-order valence-corrected chi connectivity index (χ4v) is 4.91. The molecule has 2 heterocycles. The summed E-state index contributed by atoms with van der Waals surface area (Å²) in [4.78, 5) is 30.1. The number of carbonyl (C=O) groups excluding carboxylic acids is 2. The third-order valence-corrected chi connectivity index (χ3v) is 7.11. The van der Waals surface area contributed by atoms with Gasteiger partial charge in [-0.25, -0.2) is 9.18 Å². The number of halogens is 1. The highest BCUT2D eigenvalue weighted by Gasteiger charge is 2.28. The van der Waals surface area contributed by atoms with Crippen LogP contribution in [0.4, 0.5) is 14.9 Å². The summed E-state index contributed by atoms with van der Waals surface area (Å²) in [5.74, 6) is 0.185. The van der Waals surface area contributed by atoms with Crippen LogP contribution in [0.15, 0.2) is 78.9 Å². The van der Waals surface area contributed by atoms with E-state index >= 15 is 0 Å². The number of ether oxygens (including phenoxy) is 1. The maximum atomic E-state index is 13.7. The van der Waals surface area contributed by atoms with Gasteiger partial charge in [-0.3, -0.25) is 4.79 Å². The van der Waals surface area contributed by atoms with Gasteiger partial charge in [-0.15, -0.1) is 0 Å². The fourth-order valence-electron chi connectivity index (χ4n) is 4.91. The second-order valence-corrected chi connectivity index (χ2v) is 9.62. The number of urea groups is 1. The standard InChI is InChI=1S/C31H31FN4O3/c1-21-8-14-25(15-9-21)36-22(2)26(20-28(36)23-10-12-24(32)13-11-23)30(37)34-16-18-35(19-17-34)31(38)33-27-6-4-5-7-29(27)39-3/h4-15,20H,16-19H2,1-3H3,(H,33,38). The number of benzene rings is 3. The van der Waals surface area contributed by atoms with Crippen molar-refractivity contribution in [3.8, 4) is 22.7 Å². The number of amides is 3. The molecule has 3 amide bonds. The lowest BCUT2D eigenvalue weighted by Crippen LogP contribution is -2.51. The number of aryl methyl sites for hydroxylation is 1. The SMILES string of the molecule is COc1ccccc1NC(=O)N1CCN(C(=O)c2cc(-c3ccc(F)cc3)n(-c3ccc(C)cc3)c2C)CC1. The number of hydrogen-bond donors (Lipinski definition) is 1. The van der Waals surface area contributed by atoms with Crippen molar-refractivity contribution in [2.75, 3.05) is 38.6 Å². The Hall–Kier alpha value is -4.59. The van der Waals surface area contributed by atoms with Crippen LogP contribution in [-0.2, 0) is 0 Å². The summed E-state index contributed by atoms with van der Waals surface area (Å²) in [6.07, 6.45) is 0. The third-order valence-electron chi connectivity index (χ3n) is 7.11. The molecule has 0 aliphatic carbocycles. The van der Waals surface area contributed by atoms with Gasteiger partial charge in [-0.2, -0.15) is 0 Å². The van der Waals surface area contributed by atoms with Crippen LogP contribution in [-0.4, -0.2) is 59.6 Å². The molecule has 1 saturated heterocycles. The molecule has 7 nitrogen and oxygen atoms in total. The van der Waals surface area contributed by atoms with Gasteiger partial charge in [0.1, 0.15) is 11.6 Å². The maximum absolute atomic E-state index is 13.7. The van der Waals surface area contributed by atoms with Crippen molar-refractivity contribution in [2.24, 2.45) is 0 Å². The molecule has 1 aliphatic rings. The van der Waals surface area contributed by atoms with Crippen molar-refractivity contribution in [3.63, 3.8) is 0 Å². The van der Waals surface area contributed by atoms with Crippen LogP contribution < -0.4 is 10.1 Å². The number of piperazine rings is 1. The molecule has 0 unspecified atom stereocenters. The molecule has 200 valence electrons. The first-order chi connectivity index (χ1) is 18.9. The van der Waals surface area contributed by atoms with Crippen molar-refractivity contribution in [2.45, 2.75) is 13.8 Å². The molecule has 0 bridgehead atoms. The molecule has 3 aromatic carbocycles. The molecule has 5 rings (SSSR count). The summed E-state index contributed by atoms with van der Waals surface area (Å²) in [5, 5.41) is 2.90. The monoisotopic (exact) mass is 526 g/mol. The Morgan fingerprint density at radius 1 is 0.846 bits per heavy atom. The minimum absolute atomic E-state index is 0.0912. The van der Waals surface area contributed by atoms with E-state index in [1.807, 2.05) is 60.9 Å². The Kier molecular flexibility index (Phi) is 7.36. The highest BCUT2D eigenvalue weighted by atomic mass is 19.1. The predicted molar refractivity (Wildman–Crippen MR) is 150 cm³/mol. The van der Waals surface area contributed by atoms with Crippen LogP contribution in [0.1, 0.15) is 21.6 Å². The molecule has 1 fully saturated rings.